The maximum atomic E-state index is 12.3. The molecular formula is C18H19N5O2. The fourth-order valence-electron chi connectivity index (χ4n) is 2.37. The van der Waals surface area contributed by atoms with Crippen LogP contribution in [0.3, 0.4) is 0 Å². The topological polar surface area (TPSA) is 99.8 Å². The molecule has 0 unspecified atom stereocenters. The van der Waals surface area contributed by atoms with Gasteiger partial charge in [0.1, 0.15) is 17.2 Å². The predicted octanol–water partition coefficient (Wildman–Crippen LogP) is 2.03. The van der Waals surface area contributed by atoms with E-state index in [1.165, 1.54) is 0 Å². The van der Waals surface area contributed by atoms with Crippen molar-refractivity contribution in [3.63, 3.8) is 0 Å². The summed E-state index contributed by atoms with van der Waals surface area (Å²) in [6.07, 6.45) is 0. The zero-order chi connectivity index (χ0) is 17.8. The summed E-state index contributed by atoms with van der Waals surface area (Å²) in [6.45, 7) is 3.97. The molecule has 7 heteroatoms. The third-order valence-electron chi connectivity index (χ3n) is 3.49. The molecule has 128 valence electrons. The summed E-state index contributed by atoms with van der Waals surface area (Å²) >= 11 is 0. The van der Waals surface area contributed by atoms with Crippen molar-refractivity contribution in [3.05, 3.63) is 59.7 Å². The summed E-state index contributed by atoms with van der Waals surface area (Å²) in [5.41, 5.74) is 2.16. The van der Waals surface area contributed by atoms with Gasteiger partial charge in [-0.05, 0) is 38.1 Å². The molecule has 3 N–H and O–H groups in total. The summed E-state index contributed by atoms with van der Waals surface area (Å²) < 4.78 is 0. The van der Waals surface area contributed by atoms with Gasteiger partial charge in [-0.1, -0.05) is 18.2 Å². The van der Waals surface area contributed by atoms with Gasteiger partial charge in [-0.25, -0.2) is 9.97 Å². The Morgan fingerprint density at radius 1 is 1.00 bits per heavy atom. The van der Waals surface area contributed by atoms with Crippen LogP contribution in [0.25, 0.3) is 11.0 Å². The monoisotopic (exact) mass is 337 g/mol. The number of H-pyrrole nitrogens is 1. The van der Waals surface area contributed by atoms with Gasteiger partial charge in [0, 0.05) is 6.04 Å². The lowest BCUT2D eigenvalue weighted by Crippen LogP contribution is -2.31. The average Bonchev–Trinajstić information content (AvgIpc) is 3.02. The van der Waals surface area contributed by atoms with Crippen molar-refractivity contribution in [1.82, 2.24) is 25.6 Å². The number of para-hydroxylation sites is 2. The second kappa shape index (κ2) is 7.12. The SMILES string of the molecule is CC(C)NC(=O)c1cccc(C(=O)NCc2nc3ccccc3[nH]2)n1. The smallest absolute Gasteiger partial charge is 0.270 e. The van der Waals surface area contributed by atoms with Gasteiger partial charge < -0.3 is 15.6 Å². The van der Waals surface area contributed by atoms with Crippen LogP contribution in [0.2, 0.25) is 0 Å². The molecular weight excluding hydrogens is 318 g/mol. The second-order valence-electron chi connectivity index (χ2n) is 5.92. The third kappa shape index (κ3) is 4.00. The van der Waals surface area contributed by atoms with E-state index in [0.29, 0.717) is 5.82 Å². The van der Waals surface area contributed by atoms with Crippen LogP contribution >= 0.6 is 0 Å². The molecule has 0 aliphatic heterocycles. The molecule has 0 saturated heterocycles. The van der Waals surface area contributed by atoms with E-state index in [2.05, 4.69) is 25.6 Å². The van der Waals surface area contributed by atoms with Crippen LogP contribution < -0.4 is 10.6 Å². The highest BCUT2D eigenvalue weighted by atomic mass is 16.2. The Morgan fingerprint density at radius 3 is 2.44 bits per heavy atom. The minimum Gasteiger partial charge on any atom is -0.349 e. The number of nitrogens with one attached hydrogen (secondary N) is 3. The highest BCUT2D eigenvalue weighted by Crippen LogP contribution is 2.10. The van der Waals surface area contributed by atoms with Gasteiger partial charge in [0.2, 0.25) is 0 Å². The molecule has 2 aromatic heterocycles. The largest absolute Gasteiger partial charge is 0.349 e. The highest BCUT2D eigenvalue weighted by molar-refractivity contribution is 5.96. The first kappa shape index (κ1) is 16.6. The molecule has 0 saturated carbocycles. The highest BCUT2D eigenvalue weighted by Gasteiger charge is 2.13. The Balaban J connectivity index is 1.67. The van der Waals surface area contributed by atoms with E-state index in [4.69, 9.17) is 0 Å². The number of nitrogens with zero attached hydrogens (tertiary/aromatic N) is 2. The number of imidazole rings is 1. The van der Waals surface area contributed by atoms with Crippen molar-refractivity contribution >= 4 is 22.8 Å². The number of aromatic nitrogens is 3. The number of hydrogen-bond acceptors (Lipinski definition) is 4. The number of benzene rings is 1. The van der Waals surface area contributed by atoms with Gasteiger partial charge in [-0.15, -0.1) is 0 Å². The van der Waals surface area contributed by atoms with E-state index in [1.807, 2.05) is 38.1 Å². The van der Waals surface area contributed by atoms with Gasteiger partial charge in [0.05, 0.1) is 17.6 Å². The van der Waals surface area contributed by atoms with Gasteiger partial charge in [-0.3, -0.25) is 9.59 Å². The molecule has 7 nitrogen and oxygen atoms in total. The van der Waals surface area contributed by atoms with Crippen LogP contribution in [0.5, 0.6) is 0 Å². The van der Waals surface area contributed by atoms with Gasteiger partial charge in [0.15, 0.2) is 0 Å². The standard InChI is InChI=1S/C18H19N5O2/c1-11(2)20-18(25)15-9-5-8-14(21-15)17(24)19-10-16-22-12-6-3-4-7-13(12)23-16/h3-9,11H,10H2,1-2H3,(H,19,24)(H,20,25)(H,22,23). The minimum atomic E-state index is -0.361. The quantitative estimate of drug-likeness (QED) is 0.663. The van der Waals surface area contributed by atoms with Crippen LogP contribution in [-0.2, 0) is 6.54 Å². The van der Waals surface area contributed by atoms with Crippen molar-refractivity contribution in [2.24, 2.45) is 0 Å². The predicted molar refractivity (Wildman–Crippen MR) is 94.1 cm³/mol. The van der Waals surface area contributed by atoms with Crippen LogP contribution in [-0.4, -0.2) is 32.8 Å². The first-order valence-corrected chi connectivity index (χ1v) is 8.02. The number of hydrogen-bond donors (Lipinski definition) is 3. The van der Waals surface area contributed by atoms with Gasteiger partial charge in [0.25, 0.3) is 11.8 Å². The maximum absolute atomic E-state index is 12.3. The van der Waals surface area contributed by atoms with Crippen molar-refractivity contribution in [2.75, 3.05) is 0 Å². The lowest BCUT2D eigenvalue weighted by molar-refractivity contribution is 0.0936. The fourth-order valence-corrected chi connectivity index (χ4v) is 2.37. The number of pyridine rings is 1. The molecule has 2 amide bonds. The van der Waals surface area contributed by atoms with E-state index < -0.39 is 0 Å². The zero-order valence-corrected chi connectivity index (χ0v) is 14.0. The van der Waals surface area contributed by atoms with E-state index in [1.54, 1.807) is 18.2 Å². The van der Waals surface area contributed by atoms with Crippen LogP contribution in [0.4, 0.5) is 0 Å². The Hall–Kier alpha value is -3.22. The number of aromatic amines is 1. The molecule has 0 fully saturated rings. The summed E-state index contributed by atoms with van der Waals surface area (Å²) in [5.74, 6) is -0.00940. The van der Waals surface area contributed by atoms with E-state index >= 15 is 0 Å². The van der Waals surface area contributed by atoms with E-state index in [9.17, 15) is 9.59 Å². The number of fused-ring (bicyclic) bond motifs is 1. The normalized spacial score (nSPS) is 10.8. The first-order valence-electron chi connectivity index (χ1n) is 8.02. The molecule has 0 spiro atoms. The zero-order valence-electron chi connectivity index (χ0n) is 14.0. The van der Waals surface area contributed by atoms with Crippen LogP contribution in [0.15, 0.2) is 42.5 Å². The lowest BCUT2D eigenvalue weighted by Gasteiger charge is -2.08. The summed E-state index contributed by atoms with van der Waals surface area (Å²) in [5, 5.41) is 5.51. The molecule has 0 radical (unpaired) electrons. The third-order valence-corrected chi connectivity index (χ3v) is 3.49. The Kier molecular flexibility index (Phi) is 4.74. The molecule has 0 atom stereocenters. The molecule has 1 aromatic carbocycles. The average molecular weight is 337 g/mol. The number of amides is 2. The fraction of sp³-hybridized carbons (Fsp3) is 0.222. The second-order valence-corrected chi connectivity index (χ2v) is 5.92. The number of rotatable bonds is 5. The Labute approximate surface area is 144 Å². The molecule has 2 heterocycles. The maximum Gasteiger partial charge on any atom is 0.270 e. The summed E-state index contributed by atoms with van der Waals surface area (Å²) in [6, 6.07) is 12.4. The van der Waals surface area contributed by atoms with Crippen LogP contribution in [0, 0.1) is 0 Å². The number of carbonyl (C=O) groups is 2. The van der Waals surface area contributed by atoms with E-state index in [-0.39, 0.29) is 35.8 Å². The molecule has 3 rings (SSSR count). The van der Waals surface area contributed by atoms with Crippen LogP contribution in [0.1, 0.15) is 40.6 Å². The van der Waals surface area contributed by atoms with Gasteiger partial charge >= 0.3 is 0 Å². The molecule has 0 bridgehead atoms. The van der Waals surface area contributed by atoms with Crippen molar-refractivity contribution in [1.29, 1.82) is 0 Å². The Morgan fingerprint density at radius 2 is 1.72 bits per heavy atom. The number of carbonyl (C=O) groups excluding carboxylic acids is 2. The van der Waals surface area contributed by atoms with Crippen molar-refractivity contribution < 1.29 is 9.59 Å². The minimum absolute atomic E-state index is 0.000123. The van der Waals surface area contributed by atoms with Crippen molar-refractivity contribution in [2.45, 2.75) is 26.4 Å². The van der Waals surface area contributed by atoms with E-state index in [0.717, 1.165) is 11.0 Å². The van der Waals surface area contributed by atoms with Gasteiger partial charge in [-0.2, -0.15) is 0 Å². The van der Waals surface area contributed by atoms with Crippen molar-refractivity contribution in [3.8, 4) is 0 Å². The summed E-state index contributed by atoms with van der Waals surface area (Å²) in [7, 11) is 0. The first-order chi connectivity index (χ1) is 12.0. The lowest BCUT2D eigenvalue weighted by atomic mass is 10.2. The Bertz CT molecular complexity index is 883. The molecule has 0 aliphatic carbocycles. The molecule has 0 aliphatic rings. The molecule has 3 aromatic rings. The summed E-state index contributed by atoms with van der Waals surface area (Å²) in [4.78, 5) is 35.9. The molecule has 25 heavy (non-hydrogen) atoms.